The first kappa shape index (κ1) is 18.2. The highest BCUT2D eigenvalue weighted by atomic mass is 16.5. The lowest BCUT2D eigenvalue weighted by molar-refractivity contribution is -0.117. The first-order valence-electron chi connectivity index (χ1n) is 9.50. The minimum Gasteiger partial charge on any atom is -0.495 e. The zero-order valence-electron chi connectivity index (χ0n) is 16.5. The fraction of sp³-hybridized carbons (Fsp3) is 0.238. The van der Waals surface area contributed by atoms with Crippen LogP contribution in [0.5, 0.6) is 5.75 Å². The van der Waals surface area contributed by atoms with Crippen LogP contribution in [0.2, 0.25) is 0 Å². The molecule has 9 nitrogen and oxygen atoms in total. The molecule has 152 valence electrons. The molecule has 9 heteroatoms. The normalized spacial score (nSPS) is 16.4. The van der Waals surface area contributed by atoms with Gasteiger partial charge in [-0.15, -0.1) is 0 Å². The number of amides is 1. The van der Waals surface area contributed by atoms with Crippen LogP contribution in [0.25, 0.3) is 23.0 Å². The molecule has 0 bridgehead atoms. The van der Waals surface area contributed by atoms with Crippen molar-refractivity contribution < 1.29 is 18.5 Å². The second-order valence-electron chi connectivity index (χ2n) is 7.18. The minimum absolute atomic E-state index is 0.00287. The van der Waals surface area contributed by atoms with Crippen LogP contribution in [0, 0.1) is 6.92 Å². The Bertz CT molecular complexity index is 1190. The van der Waals surface area contributed by atoms with Crippen molar-refractivity contribution in [2.24, 2.45) is 0 Å². The summed E-state index contributed by atoms with van der Waals surface area (Å²) in [6, 6.07) is 11.2. The fourth-order valence-electron chi connectivity index (χ4n) is 3.62. The van der Waals surface area contributed by atoms with E-state index in [0.29, 0.717) is 47.6 Å². The first-order valence-corrected chi connectivity index (χ1v) is 9.50. The summed E-state index contributed by atoms with van der Waals surface area (Å²) in [5.74, 6) is 1.92. The Hall–Kier alpha value is -3.88. The molecular formula is C21H19N5O4. The van der Waals surface area contributed by atoms with E-state index >= 15 is 0 Å². The van der Waals surface area contributed by atoms with E-state index in [4.69, 9.17) is 13.7 Å². The van der Waals surface area contributed by atoms with E-state index in [9.17, 15) is 4.79 Å². The van der Waals surface area contributed by atoms with Crippen LogP contribution in [0.15, 0.2) is 51.6 Å². The van der Waals surface area contributed by atoms with E-state index < -0.39 is 0 Å². The van der Waals surface area contributed by atoms with Gasteiger partial charge in [0.1, 0.15) is 17.1 Å². The number of carbonyl (C=O) groups is 1. The average Bonchev–Trinajstić information content (AvgIpc) is 3.53. The number of benzene rings is 1. The van der Waals surface area contributed by atoms with Crippen molar-refractivity contribution in [1.29, 1.82) is 0 Å². The van der Waals surface area contributed by atoms with Crippen LogP contribution in [0.4, 0.5) is 5.69 Å². The maximum Gasteiger partial charge on any atom is 0.275 e. The summed E-state index contributed by atoms with van der Waals surface area (Å²) in [5.41, 5.74) is 3.03. The molecule has 1 aliphatic rings. The number of aryl methyl sites for hydroxylation is 1. The number of aromatic nitrogens is 4. The van der Waals surface area contributed by atoms with Crippen LogP contribution >= 0.6 is 0 Å². The molecular weight excluding hydrogens is 386 g/mol. The Morgan fingerprint density at radius 2 is 2.17 bits per heavy atom. The highest BCUT2D eigenvalue weighted by molar-refractivity contribution is 5.97. The highest BCUT2D eigenvalue weighted by Gasteiger charge is 2.36. The van der Waals surface area contributed by atoms with Crippen LogP contribution in [-0.2, 0) is 4.79 Å². The molecule has 1 aromatic carbocycles. The third-order valence-corrected chi connectivity index (χ3v) is 5.14. The zero-order chi connectivity index (χ0) is 20.7. The molecule has 30 heavy (non-hydrogen) atoms. The van der Waals surface area contributed by atoms with Crippen LogP contribution in [0.3, 0.4) is 0 Å². The van der Waals surface area contributed by atoms with E-state index in [1.165, 1.54) is 0 Å². The fourth-order valence-corrected chi connectivity index (χ4v) is 3.62. The van der Waals surface area contributed by atoms with E-state index in [1.807, 2.05) is 31.2 Å². The Morgan fingerprint density at radius 1 is 1.27 bits per heavy atom. The van der Waals surface area contributed by atoms with Gasteiger partial charge in [-0.25, -0.2) is 0 Å². The number of carbonyl (C=O) groups excluding carboxylic acids is 1. The number of hydrogen-bond donors (Lipinski definition) is 1. The maximum atomic E-state index is 12.7. The smallest absolute Gasteiger partial charge is 0.275 e. The SMILES string of the molecule is COc1ccc(C)cc1N1CC(c2noc(-c3cc(-c4ccco4)n[nH]3)n2)CC1=O. The summed E-state index contributed by atoms with van der Waals surface area (Å²) < 4.78 is 16.2. The second kappa shape index (κ2) is 7.18. The van der Waals surface area contributed by atoms with Crippen molar-refractivity contribution >= 4 is 11.6 Å². The first-order chi connectivity index (χ1) is 14.6. The monoisotopic (exact) mass is 405 g/mol. The predicted molar refractivity (Wildman–Crippen MR) is 107 cm³/mol. The van der Waals surface area contributed by atoms with Crippen molar-refractivity contribution in [1.82, 2.24) is 20.3 Å². The Labute approximate surface area is 171 Å². The Morgan fingerprint density at radius 3 is 2.97 bits per heavy atom. The van der Waals surface area contributed by atoms with Gasteiger partial charge in [0.25, 0.3) is 5.89 Å². The minimum atomic E-state index is -0.173. The van der Waals surface area contributed by atoms with Gasteiger partial charge in [0, 0.05) is 24.9 Å². The lowest BCUT2D eigenvalue weighted by Crippen LogP contribution is -2.25. The van der Waals surface area contributed by atoms with E-state index in [2.05, 4.69) is 20.3 Å². The second-order valence-corrected chi connectivity index (χ2v) is 7.18. The van der Waals surface area contributed by atoms with Gasteiger partial charge in [0.15, 0.2) is 11.6 Å². The molecule has 1 atom stereocenters. The van der Waals surface area contributed by atoms with Crippen molar-refractivity contribution in [3.8, 4) is 28.8 Å². The molecule has 3 aromatic heterocycles. The molecule has 0 aliphatic carbocycles. The molecule has 1 unspecified atom stereocenters. The number of hydrogen-bond acceptors (Lipinski definition) is 7. The third-order valence-electron chi connectivity index (χ3n) is 5.14. The zero-order valence-corrected chi connectivity index (χ0v) is 16.5. The summed E-state index contributed by atoms with van der Waals surface area (Å²) in [4.78, 5) is 18.9. The predicted octanol–water partition coefficient (Wildman–Crippen LogP) is 3.56. The van der Waals surface area contributed by atoms with Crippen LogP contribution < -0.4 is 9.64 Å². The molecule has 1 N–H and O–H groups in total. The van der Waals surface area contributed by atoms with Gasteiger partial charge in [-0.2, -0.15) is 10.1 Å². The summed E-state index contributed by atoms with van der Waals surface area (Å²) in [6.07, 6.45) is 1.89. The molecule has 1 saturated heterocycles. The maximum absolute atomic E-state index is 12.7. The van der Waals surface area contributed by atoms with Crippen LogP contribution in [0.1, 0.15) is 23.7 Å². The Balaban J connectivity index is 1.37. The number of ether oxygens (including phenoxy) is 1. The molecule has 4 heterocycles. The van der Waals surface area contributed by atoms with Gasteiger partial charge in [0.05, 0.1) is 19.1 Å². The van der Waals surface area contributed by atoms with Gasteiger partial charge in [-0.1, -0.05) is 11.2 Å². The number of nitrogens with one attached hydrogen (secondary N) is 1. The van der Waals surface area contributed by atoms with Gasteiger partial charge in [-0.3, -0.25) is 9.89 Å². The number of methoxy groups -OCH3 is 1. The van der Waals surface area contributed by atoms with Crippen molar-refractivity contribution in [2.45, 2.75) is 19.3 Å². The summed E-state index contributed by atoms with van der Waals surface area (Å²) in [6.45, 7) is 2.44. The van der Waals surface area contributed by atoms with E-state index in [0.717, 1.165) is 11.3 Å². The van der Waals surface area contributed by atoms with Crippen molar-refractivity contribution in [3.63, 3.8) is 0 Å². The number of furan rings is 1. The van der Waals surface area contributed by atoms with Crippen LogP contribution in [-0.4, -0.2) is 39.9 Å². The molecule has 1 aliphatic heterocycles. The number of anilines is 1. The molecule has 0 radical (unpaired) electrons. The average molecular weight is 405 g/mol. The van der Waals surface area contributed by atoms with Gasteiger partial charge in [-0.05, 0) is 36.8 Å². The quantitative estimate of drug-likeness (QED) is 0.540. The topological polar surface area (TPSA) is 110 Å². The van der Waals surface area contributed by atoms with Gasteiger partial charge < -0.3 is 18.6 Å². The Kier molecular flexibility index (Phi) is 4.35. The van der Waals surface area contributed by atoms with Crippen molar-refractivity contribution in [2.75, 3.05) is 18.6 Å². The van der Waals surface area contributed by atoms with Crippen molar-refractivity contribution in [3.05, 3.63) is 54.0 Å². The molecule has 0 spiro atoms. The number of aromatic amines is 1. The summed E-state index contributed by atoms with van der Waals surface area (Å²) in [5, 5.41) is 11.2. The molecule has 1 fully saturated rings. The lowest BCUT2D eigenvalue weighted by Gasteiger charge is -2.19. The number of H-pyrrole nitrogens is 1. The third kappa shape index (κ3) is 3.14. The summed E-state index contributed by atoms with van der Waals surface area (Å²) in [7, 11) is 1.60. The molecule has 1 amide bonds. The lowest BCUT2D eigenvalue weighted by atomic mass is 10.1. The summed E-state index contributed by atoms with van der Waals surface area (Å²) >= 11 is 0. The van der Waals surface area contributed by atoms with Gasteiger partial charge >= 0.3 is 0 Å². The van der Waals surface area contributed by atoms with E-state index in [-0.39, 0.29) is 11.8 Å². The number of rotatable bonds is 5. The van der Waals surface area contributed by atoms with Gasteiger partial charge in [0.2, 0.25) is 5.91 Å². The standard InChI is InChI=1S/C21H19N5O4/c1-12-5-6-18(28-2)16(8-12)26-11-13(9-19(26)27)20-22-21(30-25-20)15-10-14(23-24-15)17-4-3-7-29-17/h3-8,10,13H,9,11H2,1-2H3,(H,23,24). The number of nitrogens with zero attached hydrogens (tertiary/aromatic N) is 4. The molecule has 5 rings (SSSR count). The highest BCUT2D eigenvalue weighted by Crippen LogP contribution is 2.36. The molecule has 4 aromatic rings. The largest absolute Gasteiger partial charge is 0.495 e. The molecule has 0 saturated carbocycles. The van der Waals surface area contributed by atoms with E-state index in [1.54, 1.807) is 30.4 Å².